The van der Waals surface area contributed by atoms with Crippen LogP contribution in [0, 0.1) is 0 Å². The Balaban J connectivity index is 2.02. The molecule has 2 aromatic heterocycles. The first-order valence-electron chi connectivity index (χ1n) is 4.91. The number of aromatic nitrogens is 3. The average molecular weight is 272 g/mol. The topological polar surface area (TPSA) is 64.7 Å². The molecule has 0 radical (unpaired) electrons. The summed E-state index contributed by atoms with van der Waals surface area (Å²) in [6.07, 6.45) is 3.06. The minimum atomic E-state index is 0.505. The highest BCUT2D eigenvalue weighted by Crippen LogP contribution is 2.30. The number of hydrogen-bond donors (Lipinski definition) is 1. The first kappa shape index (κ1) is 11.8. The van der Waals surface area contributed by atoms with Crippen molar-refractivity contribution in [2.45, 2.75) is 19.1 Å². The van der Waals surface area contributed by atoms with E-state index in [9.17, 15) is 0 Å². The van der Waals surface area contributed by atoms with Crippen LogP contribution in [-0.4, -0.2) is 20.9 Å². The summed E-state index contributed by atoms with van der Waals surface area (Å²) in [5.41, 5.74) is 5.55. The van der Waals surface area contributed by atoms with Gasteiger partial charge in [0.2, 0.25) is 5.13 Å². The molecule has 0 saturated carbocycles. The lowest BCUT2D eigenvalue weighted by molar-refractivity contribution is 1.10. The number of thioether (sulfide) groups is 1. The molecule has 0 aliphatic carbocycles. The molecule has 2 rings (SSSR count). The molecule has 0 fully saturated rings. The second kappa shape index (κ2) is 5.60. The van der Waals surface area contributed by atoms with Gasteiger partial charge in [-0.1, -0.05) is 18.3 Å². The Labute approximate surface area is 106 Å². The van der Waals surface area contributed by atoms with Crippen LogP contribution in [0.2, 0.25) is 0 Å². The first-order valence-corrected chi connectivity index (χ1v) is 7.70. The summed E-state index contributed by atoms with van der Waals surface area (Å²) in [5.74, 6) is 2.16. The Morgan fingerprint density at radius 3 is 2.94 bits per heavy atom. The van der Waals surface area contributed by atoms with Gasteiger partial charge in [0.05, 0.1) is 4.88 Å². The van der Waals surface area contributed by atoms with Gasteiger partial charge in [0.1, 0.15) is 5.01 Å². The number of nitrogens with zero attached hydrogens (tertiary/aromatic N) is 3. The average Bonchev–Trinajstić information content (AvgIpc) is 2.87. The van der Waals surface area contributed by atoms with Gasteiger partial charge in [-0.3, -0.25) is 0 Å². The van der Waals surface area contributed by atoms with Crippen LogP contribution in [0.25, 0.3) is 9.88 Å². The number of rotatable bonds is 5. The maximum atomic E-state index is 5.55. The van der Waals surface area contributed by atoms with Gasteiger partial charge in [-0.05, 0) is 12.2 Å². The highest BCUT2D eigenvalue weighted by molar-refractivity contribution is 7.98. The highest BCUT2D eigenvalue weighted by Gasteiger charge is 2.08. The van der Waals surface area contributed by atoms with Crippen molar-refractivity contribution in [3.63, 3.8) is 0 Å². The summed E-state index contributed by atoms with van der Waals surface area (Å²) in [6.45, 7) is 2.18. The smallest absolute Gasteiger partial charge is 0.203 e. The van der Waals surface area contributed by atoms with E-state index in [0.29, 0.717) is 5.13 Å². The lowest BCUT2D eigenvalue weighted by Gasteiger charge is -1.93. The van der Waals surface area contributed by atoms with Crippen molar-refractivity contribution < 1.29 is 0 Å². The molecule has 0 unspecified atom stereocenters. The van der Waals surface area contributed by atoms with Gasteiger partial charge in [0.15, 0.2) is 5.01 Å². The van der Waals surface area contributed by atoms with Crippen LogP contribution in [0.5, 0.6) is 0 Å². The van der Waals surface area contributed by atoms with E-state index in [4.69, 9.17) is 5.73 Å². The molecule has 0 amide bonds. The number of anilines is 1. The molecule has 0 aliphatic heterocycles. The van der Waals surface area contributed by atoms with Crippen molar-refractivity contribution in [1.29, 1.82) is 0 Å². The zero-order chi connectivity index (χ0) is 11.4. The summed E-state index contributed by atoms with van der Waals surface area (Å²) in [5, 5.41) is 10.3. The van der Waals surface area contributed by atoms with E-state index in [-0.39, 0.29) is 0 Å². The lowest BCUT2D eigenvalue weighted by atomic mass is 10.6. The van der Waals surface area contributed by atoms with Gasteiger partial charge in [0.25, 0.3) is 0 Å². The van der Waals surface area contributed by atoms with Crippen LogP contribution in [0.4, 0.5) is 5.13 Å². The molecule has 0 aliphatic rings. The second-order valence-corrected chi connectivity index (χ2v) is 6.35. The standard InChI is InChI=1S/C9H12N4S3/c1-2-3-14-5-7-11-4-6(15-7)8-12-13-9(10)16-8/h4H,2-3,5H2,1H3,(H2,10,13). The Kier molecular flexibility index (Phi) is 4.14. The minimum absolute atomic E-state index is 0.505. The minimum Gasteiger partial charge on any atom is -0.374 e. The van der Waals surface area contributed by atoms with Crippen molar-refractivity contribution in [1.82, 2.24) is 15.2 Å². The monoisotopic (exact) mass is 272 g/mol. The van der Waals surface area contributed by atoms with Crippen molar-refractivity contribution in [2.75, 3.05) is 11.5 Å². The molecule has 16 heavy (non-hydrogen) atoms. The summed E-state index contributed by atoms with van der Waals surface area (Å²) in [6, 6.07) is 0. The highest BCUT2D eigenvalue weighted by atomic mass is 32.2. The molecule has 0 aromatic carbocycles. The van der Waals surface area contributed by atoms with Crippen molar-refractivity contribution in [3.8, 4) is 9.88 Å². The molecule has 2 N–H and O–H groups in total. The molecule has 0 atom stereocenters. The second-order valence-electron chi connectivity index (χ2n) is 3.12. The maximum absolute atomic E-state index is 5.55. The van der Waals surface area contributed by atoms with Gasteiger partial charge in [-0.25, -0.2) is 4.98 Å². The predicted molar refractivity (Wildman–Crippen MR) is 71.9 cm³/mol. The third-order valence-corrected chi connectivity index (χ3v) is 5.06. The largest absolute Gasteiger partial charge is 0.374 e. The third-order valence-electron chi connectivity index (χ3n) is 1.78. The normalized spacial score (nSPS) is 10.8. The summed E-state index contributed by atoms with van der Waals surface area (Å²) in [4.78, 5) is 5.43. The Bertz CT molecular complexity index is 451. The maximum Gasteiger partial charge on any atom is 0.203 e. The zero-order valence-electron chi connectivity index (χ0n) is 8.84. The van der Waals surface area contributed by atoms with Crippen LogP contribution < -0.4 is 5.73 Å². The molecular weight excluding hydrogens is 260 g/mol. The third kappa shape index (κ3) is 2.93. The van der Waals surface area contributed by atoms with Crippen molar-refractivity contribution in [3.05, 3.63) is 11.2 Å². The lowest BCUT2D eigenvalue weighted by Crippen LogP contribution is -1.79. The van der Waals surface area contributed by atoms with Gasteiger partial charge < -0.3 is 5.73 Å². The van der Waals surface area contributed by atoms with E-state index in [0.717, 1.165) is 20.6 Å². The molecular formula is C9H12N4S3. The molecule has 0 spiro atoms. The first-order chi connectivity index (χ1) is 7.79. The SMILES string of the molecule is CCCSCc1ncc(-c2nnc(N)s2)s1. The quantitative estimate of drug-likeness (QED) is 0.848. The van der Waals surface area contributed by atoms with Gasteiger partial charge in [0, 0.05) is 11.9 Å². The van der Waals surface area contributed by atoms with E-state index < -0.39 is 0 Å². The Hall–Kier alpha value is -0.660. The van der Waals surface area contributed by atoms with E-state index in [1.807, 2.05) is 18.0 Å². The molecule has 0 saturated heterocycles. The van der Waals surface area contributed by atoms with Gasteiger partial charge >= 0.3 is 0 Å². The van der Waals surface area contributed by atoms with Crippen molar-refractivity contribution in [2.24, 2.45) is 0 Å². The molecule has 2 heterocycles. The van der Waals surface area contributed by atoms with Crippen LogP contribution in [0.1, 0.15) is 18.4 Å². The molecule has 86 valence electrons. The number of thiazole rings is 1. The molecule has 2 aromatic rings. The zero-order valence-corrected chi connectivity index (χ0v) is 11.3. The van der Waals surface area contributed by atoms with E-state index in [1.165, 1.54) is 23.5 Å². The van der Waals surface area contributed by atoms with Crippen molar-refractivity contribution >= 4 is 39.6 Å². The van der Waals surface area contributed by atoms with Gasteiger partial charge in [-0.15, -0.1) is 21.5 Å². The Morgan fingerprint density at radius 1 is 1.38 bits per heavy atom. The molecule has 4 nitrogen and oxygen atoms in total. The van der Waals surface area contributed by atoms with E-state index in [2.05, 4.69) is 22.1 Å². The van der Waals surface area contributed by atoms with Crippen LogP contribution in [-0.2, 0) is 5.75 Å². The molecule has 7 heteroatoms. The van der Waals surface area contributed by atoms with Gasteiger partial charge in [-0.2, -0.15) is 11.8 Å². The molecule has 0 bridgehead atoms. The van der Waals surface area contributed by atoms with Crippen LogP contribution in [0.3, 0.4) is 0 Å². The summed E-state index contributed by atoms with van der Waals surface area (Å²) in [7, 11) is 0. The number of nitrogen functional groups attached to an aromatic ring is 1. The fraction of sp³-hybridized carbons (Fsp3) is 0.444. The summed E-state index contributed by atoms with van der Waals surface area (Å²) < 4.78 is 0. The number of hydrogen-bond acceptors (Lipinski definition) is 7. The number of nitrogens with two attached hydrogens (primary N) is 1. The Morgan fingerprint density at radius 2 is 2.25 bits per heavy atom. The fourth-order valence-electron chi connectivity index (χ4n) is 1.11. The van der Waals surface area contributed by atoms with Crippen LogP contribution in [0.15, 0.2) is 6.20 Å². The summed E-state index contributed by atoms with van der Waals surface area (Å²) >= 11 is 4.98. The van der Waals surface area contributed by atoms with Crippen LogP contribution >= 0.6 is 34.4 Å². The van der Waals surface area contributed by atoms with E-state index >= 15 is 0 Å². The fourth-order valence-corrected chi connectivity index (χ4v) is 3.64. The predicted octanol–water partition coefficient (Wildman–Crippen LogP) is 2.89. The van der Waals surface area contributed by atoms with E-state index in [1.54, 1.807) is 11.3 Å².